The predicted octanol–water partition coefficient (Wildman–Crippen LogP) is 4.42. The van der Waals surface area contributed by atoms with Crippen molar-refractivity contribution in [1.82, 2.24) is 14.8 Å². The molecule has 3 rings (SSSR count). The van der Waals surface area contributed by atoms with E-state index in [-0.39, 0.29) is 11.9 Å². The molecule has 1 aromatic heterocycles. The average molecular weight is 398 g/mol. The Labute approximate surface area is 168 Å². The van der Waals surface area contributed by atoms with Gasteiger partial charge in [-0.3, -0.25) is 4.79 Å². The first-order valence-electron chi connectivity index (χ1n) is 9.07. The molecule has 28 heavy (non-hydrogen) atoms. The number of hydrogen-bond donors (Lipinski definition) is 0. The van der Waals surface area contributed by atoms with Gasteiger partial charge in [0.1, 0.15) is 11.5 Å². The fourth-order valence-electron chi connectivity index (χ4n) is 2.75. The summed E-state index contributed by atoms with van der Waals surface area (Å²) in [7, 11) is 1.60. The largest absolute Gasteiger partial charge is 0.497 e. The summed E-state index contributed by atoms with van der Waals surface area (Å²) in [5, 5.41) is 9.27. The molecule has 0 N–H and O–H groups in total. The molecule has 0 spiro atoms. The molecule has 0 amide bonds. The third-order valence-corrected chi connectivity index (χ3v) is 5.19. The van der Waals surface area contributed by atoms with Crippen LogP contribution >= 0.6 is 11.8 Å². The summed E-state index contributed by atoms with van der Waals surface area (Å²) in [6.07, 6.45) is -0.249. The van der Waals surface area contributed by atoms with E-state index < -0.39 is 0 Å². The van der Waals surface area contributed by atoms with Crippen molar-refractivity contribution in [2.45, 2.75) is 31.7 Å². The smallest absolute Gasteiger partial charge is 0.191 e. The second-order valence-electron chi connectivity index (χ2n) is 6.10. The lowest BCUT2D eigenvalue weighted by atomic mass is 10.1. The molecule has 1 atom stereocenters. The Hall–Kier alpha value is -2.80. The topological polar surface area (TPSA) is 66.2 Å². The van der Waals surface area contributed by atoms with Gasteiger partial charge in [0.2, 0.25) is 0 Å². The quantitative estimate of drug-likeness (QED) is 0.393. The summed E-state index contributed by atoms with van der Waals surface area (Å²) >= 11 is 1.38. The minimum Gasteiger partial charge on any atom is -0.497 e. The van der Waals surface area contributed by atoms with Gasteiger partial charge in [-0.25, -0.2) is 0 Å². The SMILES string of the molecule is CCn1c(SCC(=O)c2ccc(OC)cc2)nnc1C(C)Oc1ccccc1. The third-order valence-electron chi connectivity index (χ3n) is 4.23. The van der Waals surface area contributed by atoms with Gasteiger partial charge in [-0.2, -0.15) is 0 Å². The highest BCUT2D eigenvalue weighted by Gasteiger charge is 2.19. The molecule has 146 valence electrons. The fourth-order valence-corrected chi connectivity index (χ4v) is 3.65. The number of aromatic nitrogens is 3. The normalized spacial score (nSPS) is 11.8. The highest BCUT2D eigenvalue weighted by atomic mass is 32.2. The van der Waals surface area contributed by atoms with Crippen LogP contribution in [-0.4, -0.2) is 33.4 Å². The van der Waals surface area contributed by atoms with Crippen LogP contribution in [0.1, 0.15) is 36.1 Å². The van der Waals surface area contributed by atoms with Crippen LogP contribution in [0.3, 0.4) is 0 Å². The average Bonchev–Trinajstić information content (AvgIpc) is 3.16. The summed E-state index contributed by atoms with van der Waals surface area (Å²) in [5.74, 6) is 2.58. The molecule has 2 aromatic carbocycles. The van der Waals surface area contributed by atoms with Crippen molar-refractivity contribution in [1.29, 1.82) is 0 Å². The first-order chi connectivity index (χ1) is 13.6. The summed E-state index contributed by atoms with van der Waals surface area (Å²) in [5.41, 5.74) is 0.650. The minimum absolute atomic E-state index is 0.0356. The van der Waals surface area contributed by atoms with Gasteiger partial charge in [-0.15, -0.1) is 10.2 Å². The highest BCUT2D eigenvalue weighted by Crippen LogP contribution is 2.25. The Kier molecular flexibility index (Phi) is 6.71. The molecule has 6 nitrogen and oxygen atoms in total. The number of thioether (sulfide) groups is 1. The van der Waals surface area contributed by atoms with E-state index >= 15 is 0 Å². The van der Waals surface area contributed by atoms with E-state index in [1.165, 1.54) is 11.8 Å². The second-order valence-corrected chi connectivity index (χ2v) is 7.04. The van der Waals surface area contributed by atoms with Gasteiger partial charge in [-0.1, -0.05) is 30.0 Å². The molecule has 0 radical (unpaired) electrons. The van der Waals surface area contributed by atoms with E-state index in [9.17, 15) is 4.79 Å². The van der Waals surface area contributed by atoms with Crippen LogP contribution < -0.4 is 9.47 Å². The third kappa shape index (κ3) is 4.72. The molecule has 3 aromatic rings. The maximum atomic E-state index is 12.5. The molecule has 1 unspecified atom stereocenters. The van der Waals surface area contributed by atoms with Crippen LogP contribution in [0.15, 0.2) is 59.8 Å². The lowest BCUT2D eigenvalue weighted by molar-refractivity contribution is 0.102. The van der Waals surface area contributed by atoms with E-state index in [4.69, 9.17) is 9.47 Å². The van der Waals surface area contributed by atoms with Gasteiger partial charge in [0.05, 0.1) is 12.9 Å². The number of rotatable bonds is 9. The molecular formula is C21H23N3O3S. The van der Waals surface area contributed by atoms with E-state index in [1.807, 2.05) is 48.7 Å². The Balaban J connectivity index is 1.66. The highest BCUT2D eigenvalue weighted by molar-refractivity contribution is 7.99. The van der Waals surface area contributed by atoms with Crippen molar-refractivity contribution in [3.05, 3.63) is 66.0 Å². The zero-order chi connectivity index (χ0) is 19.9. The summed E-state index contributed by atoms with van der Waals surface area (Å²) in [4.78, 5) is 12.5. The van der Waals surface area contributed by atoms with E-state index in [0.29, 0.717) is 23.0 Å². The van der Waals surface area contributed by atoms with E-state index in [0.717, 1.165) is 17.3 Å². The first kappa shape index (κ1) is 19.9. The van der Waals surface area contributed by atoms with Crippen LogP contribution in [0, 0.1) is 0 Å². The lowest BCUT2D eigenvalue weighted by Gasteiger charge is -2.15. The number of Topliss-reactive ketones (excluding diaryl/α,β-unsaturated/α-hetero) is 1. The van der Waals surface area contributed by atoms with Crippen LogP contribution in [0.25, 0.3) is 0 Å². The summed E-state index contributed by atoms with van der Waals surface area (Å²) in [6, 6.07) is 16.7. The Bertz CT molecular complexity index is 910. The van der Waals surface area contributed by atoms with Gasteiger partial charge < -0.3 is 14.0 Å². The maximum Gasteiger partial charge on any atom is 0.191 e. The number of ketones is 1. The molecule has 0 saturated heterocycles. The second kappa shape index (κ2) is 9.41. The van der Waals surface area contributed by atoms with Crippen molar-refractivity contribution in [3.63, 3.8) is 0 Å². The van der Waals surface area contributed by atoms with Gasteiger partial charge in [-0.05, 0) is 50.2 Å². The van der Waals surface area contributed by atoms with Crippen LogP contribution in [0.4, 0.5) is 0 Å². The van der Waals surface area contributed by atoms with Crippen LogP contribution in [0.5, 0.6) is 11.5 Å². The van der Waals surface area contributed by atoms with Gasteiger partial charge >= 0.3 is 0 Å². The molecule has 0 bridgehead atoms. The monoisotopic (exact) mass is 397 g/mol. The predicted molar refractivity (Wildman–Crippen MR) is 109 cm³/mol. The Morgan fingerprint density at radius 1 is 1.07 bits per heavy atom. The molecule has 7 heteroatoms. The molecule has 0 saturated carbocycles. The van der Waals surface area contributed by atoms with Crippen molar-refractivity contribution < 1.29 is 14.3 Å². The number of para-hydroxylation sites is 1. The Morgan fingerprint density at radius 3 is 2.43 bits per heavy atom. The number of hydrogen-bond acceptors (Lipinski definition) is 6. The van der Waals surface area contributed by atoms with Gasteiger partial charge in [0.25, 0.3) is 0 Å². The van der Waals surface area contributed by atoms with Crippen LogP contribution in [-0.2, 0) is 6.54 Å². The van der Waals surface area contributed by atoms with Gasteiger partial charge in [0, 0.05) is 12.1 Å². The van der Waals surface area contributed by atoms with Crippen molar-refractivity contribution in [2.75, 3.05) is 12.9 Å². The van der Waals surface area contributed by atoms with E-state index in [2.05, 4.69) is 10.2 Å². The van der Waals surface area contributed by atoms with Gasteiger partial charge in [0.15, 0.2) is 22.9 Å². The standard InChI is InChI=1S/C21H23N3O3S/c1-4-24-20(15(2)27-18-8-6-5-7-9-18)22-23-21(24)28-14-19(25)16-10-12-17(26-3)13-11-16/h5-13,15H,4,14H2,1-3H3. The number of carbonyl (C=O) groups excluding carboxylic acids is 1. The number of nitrogens with zero attached hydrogens (tertiary/aromatic N) is 3. The zero-order valence-electron chi connectivity index (χ0n) is 16.2. The van der Waals surface area contributed by atoms with E-state index in [1.54, 1.807) is 31.4 Å². The van der Waals surface area contributed by atoms with Crippen molar-refractivity contribution >= 4 is 17.5 Å². The lowest BCUT2D eigenvalue weighted by Crippen LogP contribution is -2.12. The fraction of sp³-hybridized carbons (Fsp3) is 0.286. The molecule has 1 heterocycles. The molecular weight excluding hydrogens is 374 g/mol. The number of carbonyl (C=O) groups is 1. The van der Waals surface area contributed by atoms with Crippen molar-refractivity contribution in [3.8, 4) is 11.5 Å². The minimum atomic E-state index is -0.249. The van der Waals surface area contributed by atoms with Crippen molar-refractivity contribution in [2.24, 2.45) is 0 Å². The molecule has 0 aliphatic carbocycles. The summed E-state index contributed by atoms with van der Waals surface area (Å²) < 4.78 is 13.1. The number of benzene rings is 2. The number of methoxy groups -OCH3 is 1. The Morgan fingerprint density at radius 2 is 1.79 bits per heavy atom. The van der Waals surface area contributed by atoms with Crippen LogP contribution in [0.2, 0.25) is 0 Å². The maximum absolute atomic E-state index is 12.5. The zero-order valence-corrected chi connectivity index (χ0v) is 17.0. The molecule has 0 aliphatic rings. The summed E-state index contributed by atoms with van der Waals surface area (Å²) in [6.45, 7) is 4.67. The first-order valence-corrected chi connectivity index (χ1v) is 10.1. The molecule has 0 fully saturated rings. The molecule has 0 aliphatic heterocycles. The number of ether oxygens (including phenoxy) is 2.